The predicted octanol–water partition coefficient (Wildman–Crippen LogP) is 2.37. The number of rotatable bonds is 4. The average Bonchev–Trinajstić information content (AvgIpc) is 2.19. The highest BCUT2D eigenvalue weighted by atomic mass is 19.1. The molecule has 0 aromatic heterocycles. The van der Waals surface area contributed by atoms with E-state index >= 15 is 0 Å². The summed E-state index contributed by atoms with van der Waals surface area (Å²) in [5.74, 6) is -1.45. The number of halogens is 1. The molecule has 1 aromatic carbocycles. The van der Waals surface area contributed by atoms with E-state index in [0.29, 0.717) is 18.8 Å². The van der Waals surface area contributed by atoms with Gasteiger partial charge < -0.3 is 10.0 Å². The Labute approximate surface area is 88.1 Å². The highest BCUT2D eigenvalue weighted by Crippen LogP contribution is 2.21. The number of aromatic carboxylic acids is 1. The van der Waals surface area contributed by atoms with Crippen LogP contribution in [0.3, 0.4) is 0 Å². The summed E-state index contributed by atoms with van der Waals surface area (Å²) < 4.78 is 13.0. The predicted molar refractivity (Wildman–Crippen MR) is 56.9 cm³/mol. The SMILES string of the molecule is CCN(CC)c1cc(F)ccc1C(=O)O. The monoisotopic (exact) mass is 211 g/mol. The van der Waals surface area contributed by atoms with Crippen molar-refractivity contribution in [1.82, 2.24) is 0 Å². The second-order valence-electron chi connectivity index (χ2n) is 3.14. The van der Waals surface area contributed by atoms with Gasteiger partial charge in [0.2, 0.25) is 0 Å². The third kappa shape index (κ3) is 2.46. The Morgan fingerprint density at radius 3 is 2.47 bits per heavy atom. The van der Waals surface area contributed by atoms with Gasteiger partial charge in [-0.1, -0.05) is 0 Å². The van der Waals surface area contributed by atoms with Crippen molar-refractivity contribution in [3.05, 3.63) is 29.6 Å². The topological polar surface area (TPSA) is 40.5 Å². The van der Waals surface area contributed by atoms with E-state index in [2.05, 4.69) is 0 Å². The molecule has 0 radical (unpaired) electrons. The van der Waals surface area contributed by atoms with Gasteiger partial charge in [-0.15, -0.1) is 0 Å². The van der Waals surface area contributed by atoms with Crippen molar-refractivity contribution in [1.29, 1.82) is 0 Å². The zero-order valence-electron chi connectivity index (χ0n) is 8.83. The summed E-state index contributed by atoms with van der Waals surface area (Å²) in [5.41, 5.74) is 0.576. The Morgan fingerprint density at radius 2 is 2.00 bits per heavy atom. The van der Waals surface area contributed by atoms with Gasteiger partial charge in [0.1, 0.15) is 5.82 Å². The van der Waals surface area contributed by atoms with Gasteiger partial charge in [0, 0.05) is 13.1 Å². The van der Waals surface area contributed by atoms with Crippen molar-refractivity contribution in [2.75, 3.05) is 18.0 Å². The first kappa shape index (κ1) is 11.5. The largest absolute Gasteiger partial charge is 0.478 e. The van der Waals surface area contributed by atoms with E-state index in [1.54, 1.807) is 0 Å². The number of benzene rings is 1. The van der Waals surface area contributed by atoms with E-state index in [4.69, 9.17) is 5.11 Å². The van der Waals surface area contributed by atoms with Gasteiger partial charge in [0.25, 0.3) is 0 Å². The zero-order valence-corrected chi connectivity index (χ0v) is 8.83. The third-order valence-electron chi connectivity index (χ3n) is 2.29. The van der Waals surface area contributed by atoms with Crippen LogP contribution in [0.15, 0.2) is 18.2 Å². The smallest absolute Gasteiger partial charge is 0.337 e. The standard InChI is InChI=1S/C11H14FNO2/c1-3-13(4-2)10-7-8(12)5-6-9(10)11(14)15/h5-7H,3-4H2,1-2H3,(H,14,15). The van der Waals surface area contributed by atoms with Crippen LogP contribution < -0.4 is 4.90 Å². The van der Waals surface area contributed by atoms with Crippen molar-refractivity contribution in [3.8, 4) is 0 Å². The molecule has 82 valence electrons. The first-order valence-electron chi connectivity index (χ1n) is 4.88. The fourth-order valence-corrected chi connectivity index (χ4v) is 1.51. The lowest BCUT2D eigenvalue weighted by Gasteiger charge is -2.22. The minimum Gasteiger partial charge on any atom is -0.478 e. The molecule has 0 spiro atoms. The van der Waals surface area contributed by atoms with Crippen LogP contribution >= 0.6 is 0 Å². The van der Waals surface area contributed by atoms with E-state index in [1.807, 2.05) is 18.7 Å². The Morgan fingerprint density at radius 1 is 1.40 bits per heavy atom. The van der Waals surface area contributed by atoms with Crippen molar-refractivity contribution < 1.29 is 14.3 Å². The van der Waals surface area contributed by atoms with Gasteiger partial charge in [-0.2, -0.15) is 0 Å². The van der Waals surface area contributed by atoms with Crippen LogP contribution in [0.25, 0.3) is 0 Å². The molecular weight excluding hydrogens is 197 g/mol. The summed E-state index contributed by atoms with van der Waals surface area (Å²) in [5, 5.41) is 8.95. The molecule has 1 aromatic rings. The molecule has 3 nitrogen and oxygen atoms in total. The fourth-order valence-electron chi connectivity index (χ4n) is 1.51. The Bertz CT molecular complexity index is 362. The van der Waals surface area contributed by atoms with Crippen molar-refractivity contribution in [3.63, 3.8) is 0 Å². The van der Waals surface area contributed by atoms with Gasteiger partial charge >= 0.3 is 5.97 Å². The first-order chi connectivity index (χ1) is 7.10. The lowest BCUT2D eigenvalue weighted by molar-refractivity contribution is 0.0697. The minimum atomic E-state index is -1.03. The molecule has 0 aliphatic rings. The summed E-state index contributed by atoms with van der Waals surface area (Å²) in [7, 11) is 0. The molecule has 0 atom stereocenters. The van der Waals surface area contributed by atoms with Gasteiger partial charge in [-0.25, -0.2) is 9.18 Å². The average molecular weight is 211 g/mol. The number of hydrogen-bond acceptors (Lipinski definition) is 2. The van der Waals surface area contributed by atoms with Crippen LogP contribution in [-0.2, 0) is 0 Å². The molecule has 0 amide bonds. The fraction of sp³-hybridized carbons (Fsp3) is 0.364. The van der Waals surface area contributed by atoms with Crippen molar-refractivity contribution in [2.45, 2.75) is 13.8 Å². The number of carboxylic acid groups (broad SMARTS) is 1. The lowest BCUT2D eigenvalue weighted by atomic mass is 10.1. The first-order valence-corrected chi connectivity index (χ1v) is 4.88. The van der Waals surface area contributed by atoms with Crippen LogP contribution in [0.4, 0.5) is 10.1 Å². The number of hydrogen-bond donors (Lipinski definition) is 1. The molecular formula is C11H14FNO2. The summed E-state index contributed by atoms with van der Waals surface area (Å²) in [6.45, 7) is 5.11. The molecule has 0 aliphatic carbocycles. The molecule has 0 aliphatic heterocycles. The van der Waals surface area contributed by atoms with E-state index in [1.165, 1.54) is 12.1 Å². The Hall–Kier alpha value is -1.58. The summed E-state index contributed by atoms with van der Waals surface area (Å²) >= 11 is 0. The molecule has 1 N–H and O–H groups in total. The molecule has 15 heavy (non-hydrogen) atoms. The zero-order chi connectivity index (χ0) is 11.4. The summed E-state index contributed by atoms with van der Waals surface area (Å²) in [6.07, 6.45) is 0. The Kier molecular flexibility index (Phi) is 3.66. The summed E-state index contributed by atoms with van der Waals surface area (Å²) in [6, 6.07) is 3.72. The van der Waals surface area contributed by atoms with E-state index in [-0.39, 0.29) is 5.56 Å². The molecule has 0 unspecified atom stereocenters. The van der Waals surface area contributed by atoms with Crippen molar-refractivity contribution in [2.24, 2.45) is 0 Å². The minimum absolute atomic E-state index is 0.139. The normalized spacial score (nSPS) is 10.1. The second kappa shape index (κ2) is 4.77. The van der Waals surface area contributed by atoms with Gasteiger partial charge in [0.05, 0.1) is 11.3 Å². The molecule has 0 bridgehead atoms. The van der Waals surface area contributed by atoms with E-state index in [9.17, 15) is 9.18 Å². The number of anilines is 1. The third-order valence-corrected chi connectivity index (χ3v) is 2.29. The maximum Gasteiger partial charge on any atom is 0.337 e. The molecule has 0 saturated carbocycles. The molecule has 0 saturated heterocycles. The van der Waals surface area contributed by atoms with E-state index < -0.39 is 11.8 Å². The molecule has 0 fully saturated rings. The van der Waals surface area contributed by atoms with Crippen LogP contribution in [0, 0.1) is 5.82 Å². The Balaban J connectivity index is 3.22. The van der Waals surface area contributed by atoms with Gasteiger partial charge in [-0.05, 0) is 32.0 Å². The van der Waals surface area contributed by atoms with Crippen LogP contribution in [0.5, 0.6) is 0 Å². The molecule has 1 rings (SSSR count). The maximum absolute atomic E-state index is 13.0. The van der Waals surface area contributed by atoms with Crippen LogP contribution in [0.2, 0.25) is 0 Å². The van der Waals surface area contributed by atoms with Gasteiger partial charge in [-0.3, -0.25) is 0 Å². The number of carboxylic acids is 1. The molecule has 0 heterocycles. The van der Waals surface area contributed by atoms with Crippen molar-refractivity contribution >= 4 is 11.7 Å². The number of carbonyl (C=O) groups is 1. The molecule has 4 heteroatoms. The van der Waals surface area contributed by atoms with Crippen LogP contribution in [0.1, 0.15) is 24.2 Å². The highest BCUT2D eigenvalue weighted by molar-refractivity contribution is 5.94. The lowest BCUT2D eigenvalue weighted by Crippen LogP contribution is -2.24. The second-order valence-corrected chi connectivity index (χ2v) is 3.14. The highest BCUT2D eigenvalue weighted by Gasteiger charge is 2.14. The van der Waals surface area contributed by atoms with Crippen LogP contribution in [-0.4, -0.2) is 24.2 Å². The van der Waals surface area contributed by atoms with Gasteiger partial charge in [0.15, 0.2) is 0 Å². The quantitative estimate of drug-likeness (QED) is 0.831. The number of nitrogens with zero attached hydrogens (tertiary/aromatic N) is 1. The summed E-state index contributed by atoms with van der Waals surface area (Å²) in [4.78, 5) is 12.7. The maximum atomic E-state index is 13.0. The van der Waals surface area contributed by atoms with E-state index in [0.717, 1.165) is 6.07 Å².